The molecule has 2 aromatic rings. The number of carbonyl (C=O) groups excluding carboxylic acids is 1. The van der Waals surface area contributed by atoms with Crippen molar-refractivity contribution in [2.45, 2.75) is 44.8 Å². The summed E-state index contributed by atoms with van der Waals surface area (Å²) in [5, 5.41) is 26.7. The summed E-state index contributed by atoms with van der Waals surface area (Å²) in [4.78, 5) is 25.5. The summed E-state index contributed by atoms with van der Waals surface area (Å²) in [5.41, 5.74) is 0.838. The van der Waals surface area contributed by atoms with Gasteiger partial charge in [-0.25, -0.2) is 0 Å². The molecule has 164 valence electrons. The fourth-order valence-corrected chi connectivity index (χ4v) is 5.28. The maximum atomic E-state index is 13.1. The first kappa shape index (κ1) is 23.3. The molecule has 3 unspecified atom stereocenters. The van der Waals surface area contributed by atoms with Crippen molar-refractivity contribution < 1.29 is 14.8 Å². The van der Waals surface area contributed by atoms with E-state index in [0.29, 0.717) is 21.4 Å². The van der Waals surface area contributed by atoms with E-state index in [0.717, 1.165) is 11.1 Å². The first-order chi connectivity index (χ1) is 14.7. The van der Waals surface area contributed by atoms with E-state index >= 15 is 0 Å². The Morgan fingerprint density at radius 3 is 2.42 bits per heavy atom. The van der Waals surface area contributed by atoms with Gasteiger partial charge in [0.2, 0.25) is 0 Å². The molecular weight excluding hydrogens is 436 g/mol. The van der Waals surface area contributed by atoms with Crippen LogP contribution >= 0.6 is 23.4 Å². The quantitative estimate of drug-likeness (QED) is 0.457. The number of amides is 1. The molecule has 3 atom stereocenters. The van der Waals surface area contributed by atoms with E-state index in [1.54, 1.807) is 31.2 Å². The molecule has 2 aromatic carbocycles. The zero-order valence-electron chi connectivity index (χ0n) is 17.6. The number of aliphatic hydroxyl groups excluding tert-OH is 1. The van der Waals surface area contributed by atoms with Crippen molar-refractivity contribution in [3.05, 3.63) is 85.3 Å². The van der Waals surface area contributed by atoms with Gasteiger partial charge in [0.05, 0.1) is 22.5 Å². The minimum absolute atomic E-state index is 0.0596. The van der Waals surface area contributed by atoms with Gasteiger partial charge in [-0.05, 0) is 48.9 Å². The number of hydrogen-bond acceptors (Lipinski definition) is 5. The van der Waals surface area contributed by atoms with Crippen molar-refractivity contribution in [1.29, 1.82) is 0 Å². The fraction of sp³-hybridized carbons (Fsp3) is 0.348. The highest BCUT2D eigenvalue weighted by Crippen LogP contribution is 2.50. The monoisotopic (exact) mass is 460 g/mol. The Morgan fingerprint density at radius 1 is 1.26 bits per heavy atom. The summed E-state index contributed by atoms with van der Waals surface area (Å²) >= 11 is 7.14. The molecule has 0 spiro atoms. The van der Waals surface area contributed by atoms with Gasteiger partial charge in [0, 0.05) is 22.6 Å². The second-order valence-corrected chi connectivity index (χ2v) is 9.47. The topological polar surface area (TPSA) is 92.5 Å². The fourth-order valence-electron chi connectivity index (χ4n) is 3.98. The van der Waals surface area contributed by atoms with E-state index in [9.17, 15) is 20.0 Å². The maximum absolute atomic E-state index is 13.1. The molecule has 0 fully saturated rings. The van der Waals surface area contributed by atoms with E-state index in [1.165, 1.54) is 11.8 Å². The minimum Gasteiger partial charge on any atom is -0.388 e. The number of anilines is 1. The standard InChI is InChI=1S/C23H25ClN2O4S/c1-4-31-21-20(22(28)25-17-11-9-16(24)10-12-17)19(27)13-18(23(21,3)26(29)30)15-7-5-14(2)6-8-15/h5-12,18-19,27H,4,13H2,1-3H3,(H,25,28). The lowest BCUT2D eigenvalue weighted by atomic mass is 9.71. The third-order valence-electron chi connectivity index (χ3n) is 5.67. The average molecular weight is 461 g/mol. The van der Waals surface area contributed by atoms with Crippen molar-refractivity contribution in [3.8, 4) is 0 Å². The van der Waals surface area contributed by atoms with Gasteiger partial charge in [-0.15, -0.1) is 11.8 Å². The lowest BCUT2D eigenvalue weighted by molar-refractivity contribution is -0.557. The van der Waals surface area contributed by atoms with Crippen LogP contribution in [-0.2, 0) is 4.79 Å². The van der Waals surface area contributed by atoms with Crippen molar-refractivity contribution >= 4 is 35.0 Å². The van der Waals surface area contributed by atoms with Gasteiger partial charge >= 0.3 is 0 Å². The molecule has 0 bridgehead atoms. The van der Waals surface area contributed by atoms with E-state index in [4.69, 9.17) is 11.6 Å². The van der Waals surface area contributed by atoms with Crippen LogP contribution in [-0.4, -0.2) is 33.3 Å². The molecule has 3 rings (SSSR count). The summed E-state index contributed by atoms with van der Waals surface area (Å²) in [5.74, 6) is -0.579. The predicted molar refractivity (Wildman–Crippen MR) is 125 cm³/mol. The molecule has 8 heteroatoms. The number of nitro groups is 1. The van der Waals surface area contributed by atoms with Crippen molar-refractivity contribution in [2.75, 3.05) is 11.1 Å². The van der Waals surface area contributed by atoms with Crippen LogP contribution in [0.3, 0.4) is 0 Å². The lowest BCUT2D eigenvalue weighted by Gasteiger charge is -2.39. The number of rotatable bonds is 6. The maximum Gasteiger partial charge on any atom is 0.257 e. The second kappa shape index (κ2) is 9.42. The zero-order chi connectivity index (χ0) is 22.8. The summed E-state index contributed by atoms with van der Waals surface area (Å²) in [7, 11) is 0. The normalized spacial score (nSPS) is 23.5. The molecule has 0 radical (unpaired) electrons. The molecule has 6 nitrogen and oxygen atoms in total. The van der Waals surface area contributed by atoms with Crippen LogP contribution in [0.4, 0.5) is 5.69 Å². The minimum atomic E-state index is -1.54. The van der Waals surface area contributed by atoms with Crippen LogP contribution < -0.4 is 5.32 Å². The number of thioether (sulfide) groups is 1. The number of halogens is 1. The number of nitrogens with zero attached hydrogens (tertiary/aromatic N) is 1. The first-order valence-corrected chi connectivity index (χ1v) is 11.4. The lowest BCUT2D eigenvalue weighted by Crippen LogP contribution is -2.49. The van der Waals surface area contributed by atoms with E-state index in [1.807, 2.05) is 38.1 Å². The summed E-state index contributed by atoms with van der Waals surface area (Å²) in [6, 6.07) is 14.1. The third kappa shape index (κ3) is 4.63. The van der Waals surface area contributed by atoms with Gasteiger partial charge in [0.1, 0.15) is 0 Å². The number of hydrogen-bond donors (Lipinski definition) is 2. The van der Waals surface area contributed by atoms with Crippen LogP contribution in [0.2, 0.25) is 5.02 Å². The number of benzene rings is 2. The number of carbonyl (C=O) groups is 1. The molecule has 31 heavy (non-hydrogen) atoms. The van der Waals surface area contributed by atoms with Crippen molar-refractivity contribution in [2.24, 2.45) is 0 Å². The van der Waals surface area contributed by atoms with Crippen LogP contribution in [0.5, 0.6) is 0 Å². The Kier molecular flexibility index (Phi) is 7.09. The Balaban J connectivity index is 2.10. The molecule has 1 aliphatic rings. The SMILES string of the molecule is CCSC1=C(C(=O)Nc2ccc(Cl)cc2)C(O)CC(c2ccc(C)cc2)C1(C)[N+](=O)[O-]. The predicted octanol–water partition coefficient (Wildman–Crippen LogP) is 5.18. The van der Waals surface area contributed by atoms with E-state index in [-0.39, 0.29) is 16.9 Å². The highest BCUT2D eigenvalue weighted by Gasteiger charge is 2.56. The highest BCUT2D eigenvalue weighted by atomic mass is 35.5. The van der Waals surface area contributed by atoms with Crippen molar-refractivity contribution in [3.63, 3.8) is 0 Å². The molecule has 1 amide bonds. The summed E-state index contributed by atoms with van der Waals surface area (Å²) in [6.07, 6.45) is -1.04. The van der Waals surface area contributed by atoms with Gasteiger partial charge in [-0.3, -0.25) is 14.9 Å². The number of aryl methyl sites for hydroxylation is 1. The largest absolute Gasteiger partial charge is 0.388 e. The summed E-state index contributed by atoms with van der Waals surface area (Å²) < 4.78 is 0. The Hall–Kier alpha value is -2.35. The molecular formula is C23H25ClN2O4S. The molecule has 2 N–H and O–H groups in total. The average Bonchev–Trinajstić information content (AvgIpc) is 2.73. The van der Waals surface area contributed by atoms with E-state index in [2.05, 4.69) is 5.32 Å². The molecule has 0 saturated heterocycles. The van der Waals surface area contributed by atoms with Gasteiger partial charge in [-0.1, -0.05) is 48.4 Å². The van der Waals surface area contributed by atoms with Gasteiger partial charge in [0.15, 0.2) is 0 Å². The first-order valence-electron chi connectivity index (χ1n) is 10.0. The van der Waals surface area contributed by atoms with Crippen LogP contribution in [0.1, 0.15) is 37.3 Å². The zero-order valence-corrected chi connectivity index (χ0v) is 19.2. The molecule has 0 aromatic heterocycles. The molecule has 0 heterocycles. The van der Waals surface area contributed by atoms with Crippen LogP contribution in [0, 0.1) is 17.0 Å². The van der Waals surface area contributed by atoms with Gasteiger partial charge in [-0.2, -0.15) is 0 Å². The van der Waals surface area contributed by atoms with E-state index < -0.39 is 23.5 Å². The smallest absolute Gasteiger partial charge is 0.257 e. The van der Waals surface area contributed by atoms with Crippen LogP contribution in [0.15, 0.2) is 59.0 Å². The summed E-state index contributed by atoms with van der Waals surface area (Å²) in [6.45, 7) is 5.37. The van der Waals surface area contributed by atoms with Crippen LogP contribution in [0.25, 0.3) is 0 Å². The Labute approximate surface area is 190 Å². The van der Waals surface area contributed by atoms with Gasteiger partial charge in [0.25, 0.3) is 11.4 Å². The Morgan fingerprint density at radius 2 is 1.87 bits per heavy atom. The third-order valence-corrected chi connectivity index (χ3v) is 7.13. The second-order valence-electron chi connectivity index (χ2n) is 7.76. The number of aliphatic hydroxyl groups is 1. The molecule has 0 aliphatic heterocycles. The van der Waals surface area contributed by atoms with Crippen molar-refractivity contribution in [1.82, 2.24) is 0 Å². The molecule has 1 aliphatic carbocycles. The number of nitrogens with one attached hydrogen (secondary N) is 1. The molecule has 0 saturated carbocycles. The Bertz CT molecular complexity index is 1010. The van der Waals surface area contributed by atoms with Gasteiger partial charge < -0.3 is 10.4 Å². The highest BCUT2D eigenvalue weighted by molar-refractivity contribution is 8.03.